The molecule has 3 saturated heterocycles. The van der Waals surface area contributed by atoms with Crippen molar-refractivity contribution in [3.05, 3.63) is 280 Å². The minimum absolute atomic E-state index is 0.00843. The van der Waals surface area contributed by atoms with Gasteiger partial charge in [0, 0.05) is 157 Å². The third kappa shape index (κ3) is 32.6. The second kappa shape index (κ2) is 48.6. The zero-order valence-electron chi connectivity index (χ0n) is 82.5. The second-order valence-electron chi connectivity index (χ2n) is 38.9. The zero-order chi connectivity index (χ0) is 106. The molecule has 0 spiro atoms. The topological polar surface area (TPSA) is 361 Å². The summed E-state index contributed by atoms with van der Waals surface area (Å²) < 4.78 is 228. The summed E-state index contributed by atoms with van der Waals surface area (Å²) in [5.74, 6) is -2.06. The SMILES string of the molecule is C=S(C)(=O)CC1(CNc2ncnc(N(Cc3ccc(C(F)(F)F)cc3)C3CC3)c2F)CCOCC1.CC(C)(C)OC(=O)CCC(c1ccc(C(F)(F)F)cc1)N(c1ncnc(NCc2ccc(CC(N)=O)cc2)c1F)C1CC1.CC(F)(F)c1ccc(CN(c2ncnc(NCC3(CS(C)(=O)=O)CCOCC3)c2F)C2COC2)cc1.CN(Cc1ccc(-n2cccc2)cc1)c1ncnc(NCc2ccc(CC(N)=O)cc2)c1F. The fourth-order valence-electron chi connectivity index (χ4n) is 17.4. The Morgan fingerprint density at radius 3 is 1.25 bits per heavy atom. The number of alkyl halides is 8. The quantitative estimate of drug-likeness (QED) is 0.0118. The van der Waals surface area contributed by atoms with Crippen LogP contribution in [0.3, 0.4) is 0 Å². The lowest BCUT2D eigenvalue weighted by atomic mass is 9.82. The van der Waals surface area contributed by atoms with Crippen LogP contribution >= 0.6 is 0 Å². The minimum atomic E-state index is -4.51. The molecule has 0 radical (unpaired) electrons. The minimum Gasteiger partial charge on any atom is -0.460 e. The van der Waals surface area contributed by atoms with E-state index in [1.807, 2.05) is 77.6 Å². The molecule has 0 bridgehead atoms. The van der Waals surface area contributed by atoms with Crippen LogP contribution in [0.15, 0.2) is 195 Å². The number of primary amides is 2. The highest BCUT2D eigenvalue weighted by Gasteiger charge is 2.43. The van der Waals surface area contributed by atoms with Gasteiger partial charge in [0.15, 0.2) is 46.5 Å². The Balaban J connectivity index is 0.000000165. The molecule has 8 N–H and O–H groups in total. The van der Waals surface area contributed by atoms with Crippen molar-refractivity contribution in [3.8, 4) is 5.69 Å². The zero-order valence-corrected chi connectivity index (χ0v) is 84.1. The molecule has 788 valence electrons. The van der Waals surface area contributed by atoms with Gasteiger partial charge in [-0.25, -0.2) is 57.1 Å². The molecule has 2 unspecified atom stereocenters. The van der Waals surface area contributed by atoms with Gasteiger partial charge in [0.2, 0.25) is 35.1 Å². The standard InChI is InChI=1S/C31H35F4N5O3.C25H25FN6O.C24H30F4N4O2S.C24H31F3N4O4S/c1-30(2,3)43-26(42)15-14-24(21-8-10-22(11-9-21)31(33,34)35)40(23-12-13-23)29-27(32)28(38-18-39-29)37-17-20-6-4-19(5-7-20)16-25(36)41;1-31(16-20-8-10-21(11-9-20)32-12-2-3-13-32)25-23(26)24(29-17-30-25)28-15-19-6-4-18(5-7-19)14-22(27)33;1-35(2,33)15-23(9-11-34-12-10-23)14-29-21-20(25)22(31-16-30-21)32(19-7-8-19)13-17-3-5-18(6-4-17)24(26,27)28;1-23(26,27)18-5-3-17(4-6-18)11-31(19-12-35-13-19)22-20(25)21(29-16-30-22)28-14-24(15-36(2,32)33)7-9-34-10-8-24/h4-11,18,23-24H,12-17H2,1-3H3,(H2,36,41)(H,37,38,39);2-13,17H,14-16H2,1H3,(H2,27,33)(H,28,29,30);3-6,16,19H,1,7-15H2,2H3,(H,29,30,31);3-6,16,19H,7-15H2,1-2H3,(H,28,29,30). The number of benzene rings is 6. The Labute approximate surface area is 846 Å². The number of ether oxygens (including phenoxy) is 4. The maximum absolute atomic E-state index is 16.0. The Morgan fingerprint density at radius 1 is 0.476 bits per heavy atom. The van der Waals surface area contributed by atoms with Gasteiger partial charge in [0.1, 0.15) is 40.7 Å². The summed E-state index contributed by atoms with van der Waals surface area (Å²) in [6.45, 7) is 11.0. The number of nitrogens with one attached hydrogen (secondary N) is 4. The van der Waals surface area contributed by atoms with Gasteiger partial charge in [0.05, 0.1) is 55.0 Å². The third-order valence-electron chi connectivity index (χ3n) is 25.2. The normalized spacial score (nSPS) is 15.8. The highest BCUT2D eigenvalue weighted by Crippen LogP contribution is 2.45. The van der Waals surface area contributed by atoms with E-state index in [2.05, 4.69) is 67.0 Å². The number of sulfone groups is 1. The van der Waals surface area contributed by atoms with Crippen molar-refractivity contribution in [2.24, 2.45) is 22.3 Å². The lowest BCUT2D eigenvalue weighted by molar-refractivity contribution is -0.155. The van der Waals surface area contributed by atoms with Crippen LogP contribution in [0.4, 0.5) is 99.2 Å². The molecule has 8 heterocycles. The molecule has 29 nitrogen and oxygen atoms in total. The van der Waals surface area contributed by atoms with Crippen LogP contribution in [-0.2, 0) is 117 Å². The number of carbonyl (C=O) groups excluding carboxylic acids is 3. The summed E-state index contributed by atoms with van der Waals surface area (Å²) in [6, 6.07) is 41.2. The molecule has 6 aromatic carbocycles. The van der Waals surface area contributed by atoms with Crippen LogP contribution < -0.4 is 52.3 Å². The Morgan fingerprint density at radius 2 is 0.850 bits per heavy atom. The van der Waals surface area contributed by atoms with Gasteiger partial charge in [-0.05, 0) is 187 Å². The average molecular weight is 2090 g/mol. The lowest BCUT2D eigenvalue weighted by Gasteiger charge is -2.39. The molecule has 2 saturated carbocycles. The highest BCUT2D eigenvalue weighted by molar-refractivity contribution is 7.99. The molecule has 2 aliphatic carbocycles. The number of nitrogens with two attached hydrogens (primary N) is 2. The van der Waals surface area contributed by atoms with E-state index in [0.717, 1.165) is 95.9 Å². The van der Waals surface area contributed by atoms with Crippen molar-refractivity contribution in [2.45, 2.75) is 186 Å². The molecule has 2 amide bonds. The predicted molar refractivity (Wildman–Crippen MR) is 539 cm³/mol. The predicted octanol–water partition coefficient (Wildman–Crippen LogP) is 17.5. The Kier molecular flexibility index (Phi) is 36.7. The van der Waals surface area contributed by atoms with Crippen LogP contribution in [0.5, 0.6) is 0 Å². The molecule has 2 atom stereocenters. The van der Waals surface area contributed by atoms with Crippen LogP contribution in [0.25, 0.3) is 5.69 Å². The van der Waals surface area contributed by atoms with E-state index < -0.39 is 101 Å². The number of rotatable bonds is 40. The first-order valence-corrected chi connectivity index (χ1v) is 52.2. The molecule has 16 rings (SSSR count). The fourth-order valence-corrected chi connectivity index (χ4v) is 20.6. The molecular formula is C104H121F12N19O10S2. The van der Waals surface area contributed by atoms with Crippen molar-refractivity contribution in [2.75, 3.05) is 125 Å². The van der Waals surface area contributed by atoms with Gasteiger partial charge in [-0.1, -0.05) is 109 Å². The van der Waals surface area contributed by atoms with Crippen LogP contribution in [0, 0.1) is 34.1 Å². The largest absolute Gasteiger partial charge is 0.460 e. The van der Waals surface area contributed by atoms with Crippen LogP contribution in [0.1, 0.15) is 159 Å². The molecule has 5 aromatic heterocycles. The number of halogens is 12. The Bertz CT molecular complexity index is 6460. The first-order valence-electron chi connectivity index (χ1n) is 47.8. The van der Waals surface area contributed by atoms with Gasteiger partial charge in [0.25, 0.3) is 5.92 Å². The van der Waals surface area contributed by atoms with E-state index >= 15 is 17.6 Å². The molecule has 5 aliphatic rings. The van der Waals surface area contributed by atoms with E-state index in [9.17, 15) is 62.1 Å². The summed E-state index contributed by atoms with van der Waals surface area (Å²) in [6.07, 6.45) is 9.02. The third-order valence-corrected chi connectivity index (χ3v) is 27.6. The molecule has 3 aliphatic heterocycles. The van der Waals surface area contributed by atoms with E-state index in [0.29, 0.717) is 102 Å². The summed E-state index contributed by atoms with van der Waals surface area (Å²) in [5.41, 5.74) is 14.5. The van der Waals surface area contributed by atoms with Crippen molar-refractivity contribution < 1.29 is 98.6 Å². The molecule has 5 fully saturated rings. The van der Waals surface area contributed by atoms with E-state index in [-0.39, 0.29) is 139 Å². The molecule has 147 heavy (non-hydrogen) atoms. The number of anilines is 8. The first-order chi connectivity index (χ1) is 69.6. The summed E-state index contributed by atoms with van der Waals surface area (Å²) >= 11 is 0. The number of esters is 1. The number of hydrogen-bond donors (Lipinski definition) is 6. The highest BCUT2D eigenvalue weighted by atomic mass is 32.2. The van der Waals surface area contributed by atoms with E-state index in [1.54, 1.807) is 90.1 Å². The second-order valence-corrected chi connectivity index (χ2v) is 43.7. The summed E-state index contributed by atoms with van der Waals surface area (Å²) in [7, 11) is -3.73. The maximum atomic E-state index is 16.0. The van der Waals surface area contributed by atoms with Crippen molar-refractivity contribution in [3.63, 3.8) is 0 Å². The van der Waals surface area contributed by atoms with Crippen LogP contribution in [-0.4, -0.2) is 188 Å². The van der Waals surface area contributed by atoms with Gasteiger partial charge < -0.3 is 75.8 Å². The maximum Gasteiger partial charge on any atom is 0.416 e. The summed E-state index contributed by atoms with van der Waals surface area (Å²) in [5, 5.41) is 12.1. The average Bonchev–Trinajstić information content (AvgIpc) is 1.69. The van der Waals surface area contributed by atoms with Gasteiger partial charge in [-0.3, -0.25) is 18.6 Å². The number of nitrogens with zero attached hydrogens (tertiary/aromatic N) is 13. The molecular weight excluding hydrogens is 1970 g/mol. The Hall–Kier alpha value is -13.3. The van der Waals surface area contributed by atoms with Gasteiger partial charge in [-0.15, -0.1) is 0 Å². The molecule has 43 heteroatoms. The monoisotopic (exact) mass is 2090 g/mol. The van der Waals surface area contributed by atoms with Crippen molar-refractivity contribution in [1.29, 1.82) is 0 Å². The van der Waals surface area contributed by atoms with E-state index in [1.165, 1.54) is 68.0 Å². The van der Waals surface area contributed by atoms with Crippen molar-refractivity contribution >= 4 is 89.6 Å². The fraction of sp³-hybridized carbons (Fsp3) is 0.423. The van der Waals surface area contributed by atoms with Crippen LogP contribution in [0.2, 0.25) is 0 Å². The van der Waals surface area contributed by atoms with Gasteiger partial charge in [-0.2, -0.15) is 43.9 Å². The number of carbonyl (C=O) groups is 3. The van der Waals surface area contributed by atoms with Crippen molar-refractivity contribution in [1.82, 2.24) is 44.4 Å². The molecule has 11 aromatic rings. The van der Waals surface area contributed by atoms with E-state index in [4.69, 9.17) is 30.4 Å². The van der Waals surface area contributed by atoms with Gasteiger partial charge >= 0.3 is 18.3 Å². The summed E-state index contributed by atoms with van der Waals surface area (Å²) in [4.78, 5) is 74.8. The smallest absolute Gasteiger partial charge is 0.416 e. The first kappa shape index (κ1) is 111. The number of aromatic nitrogens is 9. The number of amides is 2. The number of hydrogen-bond acceptors (Lipinski definition) is 26. The lowest BCUT2D eigenvalue weighted by Crippen LogP contribution is -2.49.